The van der Waals surface area contributed by atoms with Gasteiger partial charge in [-0.1, -0.05) is 19.3 Å². The van der Waals surface area contributed by atoms with Gasteiger partial charge in [-0.05, 0) is 18.8 Å². The van der Waals surface area contributed by atoms with Crippen LogP contribution >= 0.6 is 11.3 Å². The van der Waals surface area contributed by atoms with Gasteiger partial charge in [0.25, 0.3) is 0 Å². The van der Waals surface area contributed by atoms with E-state index >= 15 is 0 Å². The van der Waals surface area contributed by atoms with Crippen molar-refractivity contribution < 1.29 is 0 Å². The van der Waals surface area contributed by atoms with Crippen LogP contribution in [-0.4, -0.2) is 48.6 Å². The second kappa shape index (κ2) is 6.87. The molecule has 2 heterocycles. The summed E-state index contributed by atoms with van der Waals surface area (Å²) in [6.07, 6.45) is 8.53. The molecule has 2 fully saturated rings. The van der Waals surface area contributed by atoms with Crippen molar-refractivity contribution in [3.8, 4) is 0 Å². The lowest BCUT2D eigenvalue weighted by Gasteiger charge is -2.37. The topological polar surface area (TPSA) is 45.4 Å². The molecular weight excluding hydrogens is 268 g/mol. The Balaban J connectivity index is 1.48. The Labute approximate surface area is 126 Å². The van der Waals surface area contributed by atoms with E-state index in [1.54, 1.807) is 11.3 Å². The van der Waals surface area contributed by atoms with E-state index in [0.29, 0.717) is 12.0 Å². The Morgan fingerprint density at radius 1 is 1.15 bits per heavy atom. The van der Waals surface area contributed by atoms with Gasteiger partial charge in [0.2, 0.25) is 0 Å². The standard InChI is InChI=1S/C15H26N4S/c16-14-5-3-1-2-4-13(14)12-18-7-9-19(10-8-18)15-17-6-11-20-15/h6,11,13-14H,1-5,7-10,12,16H2. The van der Waals surface area contributed by atoms with Gasteiger partial charge in [-0.3, -0.25) is 4.90 Å². The van der Waals surface area contributed by atoms with Gasteiger partial charge >= 0.3 is 0 Å². The van der Waals surface area contributed by atoms with Crippen molar-refractivity contribution in [2.75, 3.05) is 37.6 Å². The molecule has 112 valence electrons. The molecule has 1 saturated heterocycles. The molecule has 2 unspecified atom stereocenters. The minimum atomic E-state index is 0.425. The Hall–Kier alpha value is -0.650. The Morgan fingerprint density at radius 2 is 1.95 bits per heavy atom. The first-order chi connectivity index (χ1) is 9.83. The van der Waals surface area contributed by atoms with Crippen LogP contribution in [0, 0.1) is 5.92 Å². The van der Waals surface area contributed by atoms with E-state index in [2.05, 4.69) is 20.2 Å². The van der Waals surface area contributed by atoms with Crippen molar-refractivity contribution in [2.24, 2.45) is 11.7 Å². The summed E-state index contributed by atoms with van der Waals surface area (Å²) >= 11 is 1.75. The summed E-state index contributed by atoms with van der Waals surface area (Å²) in [5.41, 5.74) is 6.36. The van der Waals surface area contributed by atoms with E-state index in [4.69, 9.17) is 5.73 Å². The predicted molar refractivity (Wildman–Crippen MR) is 85.3 cm³/mol. The van der Waals surface area contributed by atoms with Gasteiger partial charge in [-0.2, -0.15) is 0 Å². The number of thiazole rings is 1. The van der Waals surface area contributed by atoms with Crippen LogP contribution in [0.25, 0.3) is 0 Å². The van der Waals surface area contributed by atoms with Gasteiger partial charge < -0.3 is 10.6 Å². The number of anilines is 1. The van der Waals surface area contributed by atoms with Gasteiger partial charge in [0.1, 0.15) is 0 Å². The summed E-state index contributed by atoms with van der Waals surface area (Å²) in [5, 5.41) is 3.24. The highest BCUT2D eigenvalue weighted by molar-refractivity contribution is 7.13. The summed E-state index contributed by atoms with van der Waals surface area (Å²) < 4.78 is 0. The fourth-order valence-electron chi connectivity index (χ4n) is 3.47. The number of hydrogen-bond donors (Lipinski definition) is 1. The van der Waals surface area contributed by atoms with E-state index in [1.807, 2.05) is 6.20 Å². The van der Waals surface area contributed by atoms with Crippen molar-refractivity contribution in [2.45, 2.75) is 38.1 Å². The number of hydrogen-bond acceptors (Lipinski definition) is 5. The van der Waals surface area contributed by atoms with E-state index < -0.39 is 0 Å². The van der Waals surface area contributed by atoms with Crippen LogP contribution in [0.15, 0.2) is 11.6 Å². The first kappa shape index (κ1) is 14.3. The molecule has 0 radical (unpaired) electrons. The number of nitrogens with two attached hydrogens (primary N) is 1. The Morgan fingerprint density at radius 3 is 2.70 bits per heavy atom. The summed E-state index contributed by atoms with van der Waals surface area (Å²) in [6, 6.07) is 0.425. The lowest BCUT2D eigenvalue weighted by molar-refractivity contribution is 0.197. The number of aromatic nitrogens is 1. The van der Waals surface area contributed by atoms with Gasteiger partial charge in [0, 0.05) is 50.3 Å². The molecule has 1 aromatic heterocycles. The summed E-state index contributed by atoms with van der Waals surface area (Å²) in [6.45, 7) is 5.73. The third-order valence-electron chi connectivity index (χ3n) is 4.77. The summed E-state index contributed by atoms with van der Waals surface area (Å²) in [5.74, 6) is 0.712. The lowest BCUT2D eigenvalue weighted by Crippen LogP contribution is -2.49. The molecule has 0 spiro atoms. The number of nitrogens with zero attached hydrogens (tertiary/aromatic N) is 3. The summed E-state index contributed by atoms with van der Waals surface area (Å²) in [7, 11) is 0. The molecule has 1 aliphatic heterocycles. The van der Waals surface area contributed by atoms with Gasteiger partial charge in [0.15, 0.2) is 5.13 Å². The smallest absolute Gasteiger partial charge is 0.185 e. The minimum Gasteiger partial charge on any atom is -0.346 e. The van der Waals surface area contributed by atoms with E-state index in [-0.39, 0.29) is 0 Å². The highest BCUT2D eigenvalue weighted by Crippen LogP contribution is 2.24. The Bertz CT molecular complexity index is 387. The fourth-order valence-corrected chi connectivity index (χ4v) is 4.16. The molecule has 0 amide bonds. The molecule has 2 atom stereocenters. The van der Waals surface area contributed by atoms with Gasteiger partial charge in [0.05, 0.1) is 0 Å². The van der Waals surface area contributed by atoms with Crippen molar-refractivity contribution in [3.63, 3.8) is 0 Å². The molecule has 4 nitrogen and oxygen atoms in total. The first-order valence-corrected chi connectivity index (χ1v) is 8.83. The van der Waals surface area contributed by atoms with Crippen molar-refractivity contribution in [1.29, 1.82) is 0 Å². The minimum absolute atomic E-state index is 0.425. The average Bonchev–Trinajstić information content (AvgIpc) is 2.93. The zero-order valence-corrected chi connectivity index (χ0v) is 13.0. The van der Waals surface area contributed by atoms with Crippen LogP contribution in [0.4, 0.5) is 5.13 Å². The molecule has 2 aliphatic rings. The molecule has 1 aliphatic carbocycles. The maximum absolute atomic E-state index is 6.36. The summed E-state index contributed by atoms with van der Waals surface area (Å²) in [4.78, 5) is 9.43. The van der Waals surface area contributed by atoms with Crippen LogP contribution in [0.1, 0.15) is 32.1 Å². The molecule has 2 N–H and O–H groups in total. The maximum atomic E-state index is 6.36. The van der Waals surface area contributed by atoms with Crippen LogP contribution in [-0.2, 0) is 0 Å². The molecule has 0 aromatic carbocycles. The number of rotatable bonds is 3. The zero-order valence-electron chi connectivity index (χ0n) is 12.2. The third-order valence-corrected chi connectivity index (χ3v) is 5.60. The Kier molecular flexibility index (Phi) is 4.91. The van der Waals surface area contributed by atoms with Crippen LogP contribution in [0.3, 0.4) is 0 Å². The van der Waals surface area contributed by atoms with Gasteiger partial charge in [-0.15, -0.1) is 11.3 Å². The molecule has 20 heavy (non-hydrogen) atoms. The quantitative estimate of drug-likeness (QED) is 0.868. The van der Waals surface area contributed by atoms with Crippen LogP contribution in [0.2, 0.25) is 0 Å². The zero-order chi connectivity index (χ0) is 13.8. The predicted octanol–water partition coefficient (Wildman–Crippen LogP) is 2.17. The molecule has 3 rings (SSSR count). The molecular formula is C15H26N4S. The van der Waals surface area contributed by atoms with Gasteiger partial charge in [-0.25, -0.2) is 4.98 Å². The van der Waals surface area contributed by atoms with E-state index in [1.165, 1.54) is 43.8 Å². The molecule has 1 saturated carbocycles. The van der Waals surface area contributed by atoms with Crippen molar-refractivity contribution in [3.05, 3.63) is 11.6 Å². The molecule has 5 heteroatoms. The van der Waals surface area contributed by atoms with E-state index in [0.717, 1.165) is 26.2 Å². The lowest BCUT2D eigenvalue weighted by atomic mass is 9.94. The van der Waals surface area contributed by atoms with Crippen LogP contribution < -0.4 is 10.6 Å². The third kappa shape index (κ3) is 3.51. The van der Waals surface area contributed by atoms with Crippen molar-refractivity contribution >= 4 is 16.5 Å². The van der Waals surface area contributed by atoms with Crippen LogP contribution in [0.5, 0.6) is 0 Å². The highest BCUT2D eigenvalue weighted by atomic mass is 32.1. The molecule has 0 bridgehead atoms. The maximum Gasteiger partial charge on any atom is 0.185 e. The van der Waals surface area contributed by atoms with E-state index in [9.17, 15) is 0 Å². The monoisotopic (exact) mass is 294 g/mol. The second-order valence-electron chi connectivity index (χ2n) is 6.16. The second-order valence-corrected chi connectivity index (χ2v) is 7.04. The SMILES string of the molecule is NC1CCCCCC1CN1CCN(c2nccs2)CC1. The average molecular weight is 294 g/mol. The van der Waals surface area contributed by atoms with Crippen molar-refractivity contribution in [1.82, 2.24) is 9.88 Å². The molecule has 1 aromatic rings. The first-order valence-electron chi connectivity index (χ1n) is 7.95. The largest absolute Gasteiger partial charge is 0.346 e. The normalized spacial score (nSPS) is 29.4. The fraction of sp³-hybridized carbons (Fsp3) is 0.800. The number of piperazine rings is 1. The highest BCUT2D eigenvalue weighted by Gasteiger charge is 2.25.